The van der Waals surface area contributed by atoms with Gasteiger partial charge in [-0.3, -0.25) is 14.4 Å². The Hall–Kier alpha value is -2.45. The van der Waals surface area contributed by atoms with Crippen molar-refractivity contribution in [2.24, 2.45) is 11.7 Å². The number of nitrogens with one attached hydrogen (secondary N) is 2. The first kappa shape index (κ1) is 28.1. The summed E-state index contributed by atoms with van der Waals surface area (Å²) in [6.07, 6.45) is 9.04. The Kier molecular flexibility index (Phi) is 11.2. The fourth-order valence-corrected chi connectivity index (χ4v) is 5.53. The normalized spacial score (nSPS) is 20.1. The molecule has 4 N–H and O–H groups in total. The number of likely N-dealkylation sites (tertiary alicyclic amines) is 1. The Morgan fingerprint density at radius 2 is 1.81 bits per heavy atom. The monoisotopic (exact) mass is 499 g/mol. The summed E-state index contributed by atoms with van der Waals surface area (Å²) in [4.78, 5) is 43.0. The maximum absolute atomic E-state index is 13.8. The molecule has 1 heterocycles. The van der Waals surface area contributed by atoms with Crippen molar-refractivity contribution in [1.82, 2.24) is 20.4 Å². The lowest BCUT2D eigenvalue weighted by Crippen LogP contribution is -2.55. The van der Waals surface area contributed by atoms with Gasteiger partial charge in [-0.05, 0) is 51.1 Å². The molecule has 1 saturated heterocycles. The van der Waals surface area contributed by atoms with Crippen LogP contribution in [-0.4, -0.2) is 78.9 Å². The largest absolute Gasteiger partial charge is 0.343 e. The van der Waals surface area contributed by atoms with Gasteiger partial charge < -0.3 is 26.2 Å². The van der Waals surface area contributed by atoms with E-state index >= 15 is 0 Å². The Balaban J connectivity index is 1.69. The molecule has 3 amide bonds. The minimum Gasteiger partial charge on any atom is -0.343 e. The number of hydrogen-bond donors (Lipinski definition) is 3. The van der Waals surface area contributed by atoms with Crippen LogP contribution in [0.15, 0.2) is 30.3 Å². The second kappa shape index (κ2) is 14.3. The molecule has 0 unspecified atom stereocenters. The summed E-state index contributed by atoms with van der Waals surface area (Å²) in [5.74, 6) is 0.202. The molecular formula is C28H45N5O3. The van der Waals surface area contributed by atoms with Gasteiger partial charge >= 0.3 is 0 Å². The van der Waals surface area contributed by atoms with Gasteiger partial charge in [0.2, 0.25) is 17.7 Å². The second-order valence-corrected chi connectivity index (χ2v) is 10.4. The Labute approximate surface area is 216 Å². The van der Waals surface area contributed by atoms with Crippen molar-refractivity contribution in [2.75, 3.05) is 33.2 Å². The second-order valence-electron chi connectivity index (χ2n) is 10.4. The molecular weight excluding hydrogens is 454 g/mol. The van der Waals surface area contributed by atoms with Crippen molar-refractivity contribution < 1.29 is 14.4 Å². The van der Waals surface area contributed by atoms with Crippen LogP contribution in [-0.2, 0) is 20.8 Å². The van der Waals surface area contributed by atoms with E-state index in [1.807, 2.05) is 23.1 Å². The molecule has 3 atom stereocenters. The molecule has 36 heavy (non-hydrogen) atoms. The fraction of sp³-hybridized carbons (Fsp3) is 0.679. The summed E-state index contributed by atoms with van der Waals surface area (Å²) in [5.41, 5.74) is 6.90. The number of nitrogens with two attached hydrogens (primary N) is 1. The lowest BCUT2D eigenvalue weighted by Gasteiger charge is -2.35. The van der Waals surface area contributed by atoms with Crippen LogP contribution in [0.2, 0.25) is 0 Å². The van der Waals surface area contributed by atoms with Crippen molar-refractivity contribution in [3.8, 4) is 0 Å². The molecule has 0 spiro atoms. The van der Waals surface area contributed by atoms with E-state index in [1.165, 1.54) is 24.8 Å². The molecule has 1 aromatic carbocycles. The zero-order valence-corrected chi connectivity index (χ0v) is 22.1. The van der Waals surface area contributed by atoms with Gasteiger partial charge in [-0.15, -0.1) is 0 Å². The molecule has 1 aromatic rings. The van der Waals surface area contributed by atoms with Gasteiger partial charge in [0, 0.05) is 25.7 Å². The zero-order chi connectivity index (χ0) is 25.9. The maximum Gasteiger partial charge on any atom is 0.245 e. The third-order valence-corrected chi connectivity index (χ3v) is 7.87. The molecule has 1 aliphatic heterocycles. The van der Waals surface area contributed by atoms with E-state index in [9.17, 15) is 14.4 Å². The van der Waals surface area contributed by atoms with Crippen LogP contribution in [0.1, 0.15) is 63.9 Å². The number of carbonyl (C=O) groups is 3. The van der Waals surface area contributed by atoms with Gasteiger partial charge in [-0.1, -0.05) is 62.4 Å². The smallest absolute Gasteiger partial charge is 0.245 e. The fourth-order valence-electron chi connectivity index (χ4n) is 5.53. The molecule has 0 radical (unpaired) electrons. The topological polar surface area (TPSA) is 108 Å². The number of benzene rings is 1. The number of likely N-dealkylation sites (N-methyl/N-ethyl adjacent to an activating group) is 1. The summed E-state index contributed by atoms with van der Waals surface area (Å²) in [5, 5.41) is 6.02. The molecule has 8 heteroatoms. The van der Waals surface area contributed by atoms with Crippen LogP contribution in [0, 0.1) is 5.92 Å². The summed E-state index contributed by atoms with van der Waals surface area (Å²) in [7, 11) is 1.75. The first-order valence-corrected chi connectivity index (χ1v) is 13.7. The van der Waals surface area contributed by atoms with E-state index in [-0.39, 0.29) is 36.3 Å². The van der Waals surface area contributed by atoms with Crippen LogP contribution >= 0.6 is 0 Å². The molecule has 200 valence electrons. The summed E-state index contributed by atoms with van der Waals surface area (Å²) in [6.45, 7) is 3.47. The third kappa shape index (κ3) is 8.03. The molecule has 2 fully saturated rings. The lowest BCUT2D eigenvalue weighted by atomic mass is 9.84. The van der Waals surface area contributed by atoms with Crippen LogP contribution in [0.4, 0.5) is 0 Å². The molecule has 1 saturated carbocycles. The highest BCUT2D eigenvalue weighted by Crippen LogP contribution is 2.29. The molecule has 1 aliphatic carbocycles. The number of hydrogen-bond acceptors (Lipinski definition) is 5. The predicted octanol–water partition coefficient (Wildman–Crippen LogP) is 2.07. The standard InChI is InChI=1S/C28H45N5O3/c1-21(30-2)27(35)31-25(18-23-12-7-4-8-13-23)28(36)33-16-9-14-24(33)20-32(26(34)19-29)17-15-22-10-5-3-6-11-22/h3,5-6,10-11,21,23-25,30H,4,7-9,12-20,29H2,1-2H3,(H,31,35)/t21-,24-,25-/m0/s1. The van der Waals surface area contributed by atoms with Crippen LogP contribution in [0.3, 0.4) is 0 Å². The Bertz CT molecular complexity index is 843. The first-order chi connectivity index (χ1) is 17.4. The van der Waals surface area contributed by atoms with E-state index in [2.05, 4.69) is 22.8 Å². The van der Waals surface area contributed by atoms with Crippen molar-refractivity contribution >= 4 is 17.7 Å². The minimum absolute atomic E-state index is 0.0112. The van der Waals surface area contributed by atoms with E-state index in [1.54, 1.807) is 18.9 Å². The van der Waals surface area contributed by atoms with Crippen LogP contribution < -0.4 is 16.4 Å². The van der Waals surface area contributed by atoms with Gasteiger partial charge in [0.05, 0.1) is 12.6 Å². The highest BCUT2D eigenvalue weighted by atomic mass is 16.2. The van der Waals surface area contributed by atoms with Crippen LogP contribution in [0.25, 0.3) is 0 Å². The molecule has 3 rings (SSSR count). The summed E-state index contributed by atoms with van der Waals surface area (Å²) >= 11 is 0. The van der Waals surface area contributed by atoms with E-state index in [4.69, 9.17) is 5.73 Å². The number of carbonyl (C=O) groups excluding carboxylic acids is 3. The average Bonchev–Trinajstić information content (AvgIpc) is 3.38. The Morgan fingerprint density at radius 3 is 2.47 bits per heavy atom. The lowest BCUT2D eigenvalue weighted by molar-refractivity contribution is -0.139. The third-order valence-electron chi connectivity index (χ3n) is 7.87. The SMILES string of the molecule is CN[C@@H](C)C(=O)N[C@@H](CC1CCCCC1)C(=O)N1CCC[C@H]1CN(CCc1ccccc1)C(=O)CN. The molecule has 2 aliphatic rings. The predicted molar refractivity (Wildman–Crippen MR) is 142 cm³/mol. The maximum atomic E-state index is 13.8. The van der Waals surface area contributed by atoms with Gasteiger partial charge in [-0.25, -0.2) is 0 Å². The molecule has 0 bridgehead atoms. The van der Waals surface area contributed by atoms with Crippen molar-refractivity contribution in [2.45, 2.75) is 82.8 Å². The van der Waals surface area contributed by atoms with E-state index in [0.29, 0.717) is 32.0 Å². The highest BCUT2D eigenvalue weighted by Gasteiger charge is 2.36. The number of rotatable bonds is 12. The van der Waals surface area contributed by atoms with Crippen molar-refractivity contribution in [1.29, 1.82) is 0 Å². The van der Waals surface area contributed by atoms with Crippen molar-refractivity contribution in [3.05, 3.63) is 35.9 Å². The number of nitrogens with zero attached hydrogens (tertiary/aromatic N) is 2. The van der Waals surface area contributed by atoms with Gasteiger partial charge in [-0.2, -0.15) is 0 Å². The number of amides is 3. The Morgan fingerprint density at radius 1 is 1.08 bits per heavy atom. The quantitative estimate of drug-likeness (QED) is 0.408. The van der Waals surface area contributed by atoms with E-state index in [0.717, 1.165) is 32.1 Å². The first-order valence-electron chi connectivity index (χ1n) is 13.7. The van der Waals surface area contributed by atoms with Gasteiger partial charge in [0.1, 0.15) is 6.04 Å². The molecule has 8 nitrogen and oxygen atoms in total. The zero-order valence-electron chi connectivity index (χ0n) is 22.1. The summed E-state index contributed by atoms with van der Waals surface area (Å²) < 4.78 is 0. The van der Waals surface area contributed by atoms with Gasteiger partial charge in [0.25, 0.3) is 0 Å². The van der Waals surface area contributed by atoms with Crippen molar-refractivity contribution in [3.63, 3.8) is 0 Å². The van der Waals surface area contributed by atoms with Crippen LogP contribution in [0.5, 0.6) is 0 Å². The summed E-state index contributed by atoms with van der Waals surface area (Å²) in [6, 6.07) is 9.14. The molecule has 0 aromatic heterocycles. The minimum atomic E-state index is -0.528. The van der Waals surface area contributed by atoms with Gasteiger partial charge in [0.15, 0.2) is 0 Å². The highest BCUT2D eigenvalue weighted by molar-refractivity contribution is 5.90. The average molecular weight is 500 g/mol. The van der Waals surface area contributed by atoms with E-state index < -0.39 is 6.04 Å².